The van der Waals surface area contributed by atoms with Crippen LogP contribution in [0.25, 0.3) is 0 Å². The van der Waals surface area contributed by atoms with Gasteiger partial charge in [0, 0.05) is 6.61 Å². The Morgan fingerprint density at radius 1 is 1.58 bits per heavy atom. The van der Waals surface area contributed by atoms with Crippen molar-refractivity contribution in [2.45, 2.75) is 18.1 Å². The summed E-state index contributed by atoms with van der Waals surface area (Å²) in [5.41, 5.74) is 0. The highest BCUT2D eigenvalue weighted by atomic mass is 32.2. The molecule has 0 aliphatic carbocycles. The number of rotatable bonds is 4. The van der Waals surface area contributed by atoms with E-state index in [4.69, 9.17) is 5.11 Å². The highest BCUT2D eigenvalue weighted by Crippen LogP contribution is 2.22. The molecule has 1 fully saturated rings. The maximum Gasteiger partial charge on any atom is 0.327 e. The van der Waals surface area contributed by atoms with Crippen LogP contribution in [-0.2, 0) is 14.3 Å². The van der Waals surface area contributed by atoms with Gasteiger partial charge in [0.2, 0.25) is 0 Å². The van der Waals surface area contributed by atoms with Gasteiger partial charge in [-0.2, -0.15) is 0 Å². The van der Waals surface area contributed by atoms with E-state index in [0.717, 1.165) is 0 Å². The van der Waals surface area contributed by atoms with Gasteiger partial charge in [-0.3, -0.25) is 9.59 Å². The molecule has 0 aromatic carbocycles. The third kappa shape index (κ3) is 2.49. The van der Waals surface area contributed by atoms with Gasteiger partial charge in [-0.05, 0) is 12.2 Å². The molecule has 1 aliphatic heterocycles. The molecule has 0 amide bonds. The van der Waals surface area contributed by atoms with Crippen molar-refractivity contribution in [1.82, 2.24) is 0 Å². The first-order chi connectivity index (χ1) is 5.74. The fourth-order valence-electron chi connectivity index (χ4n) is 0.871. The molecule has 0 aromatic rings. The van der Waals surface area contributed by atoms with Crippen LogP contribution in [0.2, 0.25) is 0 Å². The lowest BCUT2D eigenvalue weighted by molar-refractivity contribution is -0.151. The lowest BCUT2D eigenvalue weighted by Crippen LogP contribution is -2.10. The molecule has 1 saturated heterocycles. The molecule has 0 radical (unpaired) electrons. The fraction of sp³-hybridized carbons (Fsp3) is 0.714. The lowest BCUT2D eigenvalue weighted by atomic mass is 10.4. The molecule has 1 unspecified atom stereocenters. The standard InChI is InChI=1S/C7H10O4S/c8-2-1-3-12-5-4-6(9)11-7(5)10/h5,8H,1-4H2. The first-order valence-corrected chi connectivity index (χ1v) is 4.76. The molecule has 1 rings (SSSR count). The number of aliphatic hydroxyl groups excluding tert-OH is 1. The highest BCUT2D eigenvalue weighted by Gasteiger charge is 2.33. The average Bonchev–Trinajstić information content (AvgIpc) is 2.31. The number of hydrogen-bond donors (Lipinski definition) is 1. The smallest absolute Gasteiger partial charge is 0.327 e. The summed E-state index contributed by atoms with van der Waals surface area (Å²) >= 11 is 1.37. The third-order valence-corrected chi connectivity index (χ3v) is 2.74. The van der Waals surface area contributed by atoms with Crippen LogP contribution in [-0.4, -0.2) is 34.7 Å². The summed E-state index contributed by atoms with van der Waals surface area (Å²) in [5, 5.41) is 8.12. The van der Waals surface area contributed by atoms with Crippen molar-refractivity contribution in [3.63, 3.8) is 0 Å². The zero-order chi connectivity index (χ0) is 8.97. The predicted octanol–water partition coefficient (Wildman–Crippen LogP) is -0.0559. The number of carbonyl (C=O) groups excluding carboxylic acids is 2. The van der Waals surface area contributed by atoms with Gasteiger partial charge in [-0.25, -0.2) is 0 Å². The van der Waals surface area contributed by atoms with Crippen LogP contribution in [0.5, 0.6) is 0 Å². The molecule has 4 nitrogen and oxygen atoms in total. The highest BCUT2D eigenvalue weighted by molar-refractivity contribution is 8.00. The fourth-order valence-corrected chi connectivity index (χ4v) is 1.89. The normalized spacial score (nSPS) is 22.9. The third-order valence-electron chi connectivity index (χ3n) is 1.45. The summed E-state index contributed by atoms with van der Waals surface area (Å²) in [5.74, 6) is -0.201. The van der Waals surface area contributed by atoms with Crippen molar-refractivity contribution in [2.75, 3.05) is 12.4 Å². The molecule has 0 aromatic heterocycles. The van der Waals surface area contributed by atoms with E-state index in [-0.39, 0.29) is 18.3 Å². The number of ether oxygens (including phenoxy) is 1. The maximum atomic E-state index is 10.9. The molecule has 5 heteroatoms. The molecule has 1 N–H and O–H groups in total. The molecule has 1 aliphatic rings. The molecular formula is C7H10O4S. The van der Waals surface area contributed by atoms with E-state index in [0.29, 0.717) is 12.2 Å². The Bertz CT molecular complexity index is 192. The monoisotopic (exact) mass is 190 g/mol. The number of cyclic esters (lactones) is 2. The second kappa shape index (κ2) is 4.47. The van der Waals surface area contributed by atoms with Crippen LogP contribution in [0.15, 0.2) is 0 Å². The van der Waals surface area contributed by atoms with Crippen LogP contribution in [0.4, 0.5) is 0 Å². The topological polar surface area (TPSA) is 63.6 Å². The molecule has 0 saturated carbocycles. The van der Waals surface area contributed by atoms with E-state index in [2.05, 4.69) is 4.74 Å². The summed E-state index contributed by atoms with van der Waals surface area (Å²) in [6.07, 6.45) is 0.817. The van der Waals surface area contributed by atoms with E-state index in [9.17, 15) is 9.59 Å². The molecule has 0 bridgehead atoms. The van der Waals surface area contributed by atoms with Crippen molar-refractivity contribution >= 4 is 23.7 Å². The van der Waals surface area contributed by atoms with Crippen molar-refractivity contribution in [2.24, 2.45) is 0 Å². The first-order valence-electron chi connectivity index (χ1n) is 3.71. The Balaban J connectivity index is 2.24. The lowest BCUT2D eigenvalue weighted by Gasteiger charge is -2.01. The van der Waals surface area contributed by atoms with Gasteiger partial charge in [-0.1, -0.05) is 0 Å². The van der Waals surface area contributed by atoms with Crippen LogP contribution in [0.1, 0.15) is 12.8 Å². The van der Waals surface area contributed by atoms with Gasteiger partial charge in [0.15, 0.2) is 0 Å². The minimum absolute atomic E-state index is 0.114. The summed E-state index contributed by atoms with van der Waals surface area (Å²) in [4.78, 5) is 21.4. The van der Waals surface area contributed by atoms with E-state index in [1.54, 1.807) is 0 Å². The summed E-state index contributed by atoms with van der Waals surface area (Å²) < 4.78 is 4.34. The van der Waals surface area contributed by atoms with Gasteiger partial charge in [0.1, 0.15) is 5.25 Å². The zero-order valence-corrected chi connectivity index (χ0v) is 7.30. The number of hydrogen-bond acceptors (Lipinski definition) is 5. The minimum atomic E-state index is -0.443. The zero-order valence-electron chi connectivity index (χ0n) is 6.49. The summed E-state index contributed by atoms with van der Waals surface area (Å²) in [6, 6.07) is 0. The van der Waals surface area contributed by atoms with Crippen LogP contribution < -0.4 is 0 Å². The van der Waals surface area contributed by atoms with Crippen LogP contribution in [0.3, 0.4) is 0 Å². The maximum absolute atomic E-state index is 10.9. The van der Waals surface area contributed by atoms with Crippen LogP contribution in [0, 0.1) is 0 Å². The van der Waals surface area contributed by atoms with Crippen molar-refractivity contribution < 1.29 is 19.4 Å². The van der Waals surface area contributed by atoms with E-state index < -0.39 is 11.9 Å². The van der Waals surface area contributed by atoms with Crippen molar-refractivity contribution in [1.29, 1.82) is 0 Å². The van der Waals surface area contributed by atoms with E-state index >= 15 is 0 Å². The van der Waals surface area contributed by atoms with Gasteiger partial charge in [0.25, 0.3) is 0 Å². The van der Waals surface area contributed by atoms with Gasteiger partial charge in [-0.15, -0.1) is 11.8 Å². The second-order valence-electron chi connectivity index (χ2n) is 2.43. The number of esters is 2. The largest absolute Gasteiger partial charge is 0.396 e. The van der Waals surface area contributed by atoms with Crippen molar-refractivity contribution in [3.8, 4) is 0 Å². The number of aliphatic hydroxyl groups is 1. The number of carbonyl (C=O) groups is 2. The molecule has 68 valence electrons. The SMILES string of the molecule is O=C1CC(SCCCO)C(=O)O1. The average molecular weight is 190 g/mol. The molecule has 1 heterocycles. The van der Waals surface area contributed by atoms with E-state index in [1.807, 2.05) is 0 Å². The number of thioether (sulfide) groups is 1. The first kappa shape index (κ1) is 9.54. The molecule has 1 atom stereocenters. The summed E-state index contributed by atoms with van der Waals surface area (Å²) in [7, 11) is 0. The Hall–Kier alpha value is -0.550. The van der Waals surface area contributed by atoms with Gasteiger partial charge < -0.3 is 9.84 Å². The van der Waals surface area contributed by atoms with Crippen LogP contribution >= 0.6 is 11.8 Å². The Labute approximate surface area is 74.3 Å². The minimum Gasteiger partial charge on any atom is -0.396 e. The Kier molecular flexibility index (Phi) is 3.55. The molecule has 0 spiro atoms. The predicted molar refractivity (Wildman–Crippen MR) is 43.7 cm³/mol. The Morgan fingerprint density at radius 3 is 2.83 bits per heavy atom. The second-order valence-corrected chi connectivity index (χ2v) is 3.74. The van der Waals surface area contributed by atoms with E-state index in [1.165, 1.54) is 11.8 Å². The van der Waals surface area contributed by atoms with Gasteiger partial charge >= 0.3 is 11.9 Å². The Morgan fingerprint density at radius 2 is 2.33 bits per heavy atom. The molecule has 12 heavy (non-hydrogen) atoms. The van der Waals surface area contributed by atoms with Crippen molar-refractivity contribution in [3.05, 3.63) is 0 Å². The van der Waals surface area contributed by atoms with Gasteiger partial charge in [0.05, 0.1) is 6.42 Å². The molecular weight excluding hydrogens is 180 g/mol. The quantitative estimate of drug-likeness (QED) is 0.382. The summed E-state index contributed by atoms with van der Waals surface area (Å²) in [6.45, 7) is 0.114.